The molecule has 0 amide bonds. The van der Waals surface area contributed by atoms with E-state index >= 15 is 0 Å². The number of piperidine rings is 1. The van der Waals surface area contributed by atoms with Crippen LogP contribution < -0.4 is 5.73 Å². The van der Waals surface area contributed by atoms with Gasteiger partial charge in [-0.25, -0.2) is 8.42 Å². The number of rotatable bonds is 3. The fraction of sp³-hybridized carbons (Fsp3) is 0.600. The third kappa shape index (κ3) is 2.45. The van der Waals surface area contributed by atoms with Crippen molar-refractivity contribution >= 4 is 15.7 Å². The number of nitrogens with zero attached hydrogens (tertiary/aromatic N) is 1. The highest BCUT2D eigenvalue weighted by molar-refractivity contribution is 7.89. The molecule has 2 heterocycles. The summed E-state index contributed by atoms with van der Waals surface area (Å²) in [6.07, 6.45) is 3.04. The zero-order valence-corrected chi connectivity index (χ0v) is 13.0. The number of aryl methyl sites for hydroxylation is 1. The van der Waals surface area contributed by atoms with Crippen LogP contribution in [-0.2, 0) is 16.4 Å². The van der Waals surface area contributed by atoms with Gasteiger partial charge >= 0.3 is 0 Å². The van der Waals surface area contributed by atoms with Crippen LogP contribution in [0.2, 0.25) is 0 Å². The molecule has 0 radical (unpaired) electrons. The van der Waals surface area contributed by atoms with E-state index in [9.17, 15) is 13.5 Å². The molecule has 21 heavy (non-hydrogen) atoms. The lowest BCUT2D eigenvalue weighted by molar-refractivity contribution is 0.0768. The second kappa shape index (κ2) is 5.26. The first-order valence-corrected chi connectivity index (χ1v) is 8.97. The van der Waals surface area contributed by atoms with Gasteiger partial charge in [0.1, 0.15) is 0 Å². The average Bonchev–Trinajstić information content (AvgIpc) is 2.72. The van der Waals surface area contributed by atoms with Crippen molar-refractivity contribution in [3.63, 3.8) is 0 Å². The predicted molar refractivity (Wildman–Crippen MR) is 81.3 cm³/mol. The summed E-state index contributed by atoms with van der Waals surface area (Å²) >= 11 is 0. The molecule has 0 aliphatic carbocycles. The predicted octanol–water partition coefficient (Wildman–Crippen LogP) is 1.51. The molecule has 0 spiro atoms. The quantitative estimate of drug-likeness (QED) is 0.829. The Labute approximate surface area is 125 Å². The first kappa shape index (κ1) is 14.8. The molecule has 2 fully saturated rings. The van der Waals surface area contributed by atoms with Gasteiger partial charge in [0.25, 0.3) is 0 Å². The van der Waals surface area contributed by atoms with Crippen LogP contribution in [0.3, 0.4) is 0 Å². The molecule has 1 aromatic rings. The van der Waals surface area contributed by atoms with E-state index in [0.717, 1.165) is 18.4 Å². The van der Waals surface area contributed by atoms with Gasteiger partial charge in [-0.15, -0.1) is 0 Å². The van der Waals surface area contributed by atoms with Gasteiger partial charge in [-0.05, 0) is 49.8 Å². The first-order chi connectivity index (χ1) is 9.93. The average molecular weight is 310 g/mol. The summed E-state index contributed by atoms with van der Waals surface area (Å²) in [5.41, 5.74) is 7.06. The number of nitrogen functional groups attached to an aromatic ring is 1. The molecular formula is C15H22N2O3S. The molecule has 2 bridgehead atoms. The number of hydrogen-bond donors (Lipinski definition) is 2. The minimum absolute atomic E-state index is 0.0742. The minimum atomic E-state index is -3.54. The summed E-state index contributed by atoms with van der Waals surface area (Å²) in [6.45, 7) is 1.94. The molecule has 0 aromatic heterocycles. The van der Waals surface area contributed by atoms with Crippen LogP contribution in [0.15, 0.2) is 23.1 Å². The molecule has 1 aromatic carbocycles. The molecule has 0 saturated carbocycles. The van der Waals surface area contributed by atoms with E-state index in [1.54, 1.807) is 22.5 Å². The molecule has 2 saturated heterocycles. The zero-order valence-electron chi connectivity index (χ0n) is 12.2. The zero-order chi connectivity index (χ0) is 15.2. The Kier molecular flexibility index (Phi) is 3.71. The highest BCUT2D eigenvalue weighted by Crippen LogP contribution is 2.40. The number of benzene rings is 1. The number of aliphatic hydroxyl groups is 1. The Hall–Kier alpha value is -1.11. The molecule has 3 N–H and O–H groups in total. The summed E-state index contributed by atoms with van der Waals surface area (Å²) in [6, 6.07) is 4.96. The second-order valence-corrected chi connectivity index (χ2v) is 7.88. The lowest BCUT2D eigenvalue weighted by Crippen LogP contribution is -2.48. The molecule has 116 valence electrons. The molecule has 2 atom stereocenters. The fourth-order valence-electron chi connectivity index (χ4n) is 3.71. The Morgan fingerprint density at radius 2 is 1.90 bits per heavy atom. The van der Waals surface area contributed by atoms with Crippen LogP contribution in [-0.4, -0.2) is 36.0 Å². The summed E-state index contributed by atoms with van der Waals surface area (Å²) < 4.78 is 27.8. The van der Waals surface area contributed by atoms with Crippen LogP contribution in [0.25, 0.3) is 0 Å². The molecule has 2 aliphatic heterocycles. The number of sulfonamides is 1. The van der Waals surface area contributed by atoms with Crippen LogP contribution in [0.5, 0.6) is 0 Å². The van der Waals surface area contributed by atoms with E-state index in [2.05, 4.69) is 0 Å². The van der Waals surface area contributed by atoms with Gasteiger partial charge in [-0.1, -0.05) is 13.0 Å². The van der Waals surface area contributed by atoms with Crippen molar-refractivity contribution in [1.29, 1.82) is 0 Å². The van der Waals surface area contributed by atoms with Gasteiger partial charge in [0, 0.05) is 17.8 Å². The Morgan fingerprint density at radius 1 is 1.29 bits per heavy atom. The van der Waals surface area contributed by atoms with Crippen LogP contribution in [0.4, 0.5) is 5.69 Å². The molecule has 2 unspecified atom stereocenters. The van der Waals surface area contributed by atoms with Gasteiger partial charge in [-0.3, -0.25) is 0 Å². The SMILES string of the molecule is CCc1ccc(N)cc1S(=O)(=O)N1C2CCC1CC(O)C2. The van der Waals surface area contributed by atoms with Crippen molar-refractivity contribution in [3.05, 3.63) is 23.8 Å². The van der Waals surface area contributed by atoms with Crippen molar-refractivity contribution in [1.82, 2.24) is 4.31 Å². The highest BCUT2D eigenvalue weighted by atomic mass is 32.2. The summed E-state index contributed by atoms with van der Waals surface area (Å²) in [7, 11) is -3.54. The summed E-state index contributed by atoms with van der Waals surface area (Å²) in [4.78, 5) is 0.332. The maximum Gasteiger partial charge on any atom is 0.243 e. The van der Waals surface area contributed by atoms with Crippen molar-refractivity contribution < 1.29 is 13.5 Å². The number of aliphatic hydroxyl groups excluding tert-OH is 1. The van der Waals surface area contributed by atoms with Crippen molar-refractivity contribution in [2.75, 3.05) is 5.73 Å². The van der Waals surface area contributed by atoms with Crippen molar-refractivity contribution in [2.45, 2.75) is 62.1 Å². The smallest absolute Gasteiger partial charge is 0.243 e. The number of anilines is 1. The van der Waals surface area contributed by atoms with Gasteiger partial charge in [0.05, 0.1) is 11.0 Å². The number of nitrogens with two attached hydrogens (primary N) is 1. The van der Waals surface area contributed by atoms with E-state index in [1.807, 2.05) is 6.92 Å². The Bertz CT molecular complexity index is 630. The molecule has 3 rings (SSSR count). The van der Waals surface area contributed by atoms with Crippen molar-refractivity contribution in [3.8, 4) is 0 Å². The topological polar surface area (TPSA) is 83.6 Å². The van der Waals surface area contributed by atoms with E-state index in [-0.39, 0.29) is 18.2 Å². The third-order valence-electron chi connectivity index (χ3n) is 4.67. The van der Waals surface area contributed by atoms with Crippen LogP contribution in [0, 0.1) is 0 Å². The lowest BCUT2D eigenvalue weighted by atomic mass is 10.0. The van der Waals surface area contributed by atoms with Crippen molar-refractivity contribution in [2.24, 2.45) is 0 Å². The van der Waals surface area contributed by atoms with E-state index in [1.165, 1.54) is 0 Å². The molecule has 6 heteroatoms. The van der Waals surface area contributed by atoms with Crippen LogP contribution >= 0.6 is 0 Å². The largest absolute Gasteiger partial charge is 0.399 e. The number of fused-ring (bicyclic) bond motifs is 2. The Balaban J connectivity index is 2.04. The minimum Gasteiger partial charge on any atom is -0.399 e. The van der Waals surface area contributed by atoms with E-state index in [4.69, 9.17) is 5.73 Å². The summed E-state index contributed by atoms with van der Waals surface area (Å²) in [5, 5.41) is 9.85. The van der Waals surface area contributed by atoms with Gasteiger partial charge in [0.15, 0.2) is 0 Å². The highest BCUT2D eigenvalue weighted by Gasteiger charge is 2.47. The second-order valence-electron chi connectivity index (χ2n) is 6.07. The maximum atomic E-state index is 13.1. The first-order valence-electron chi connectivity index (χ1n) is 7.53. The van der Waals surface area contributed by atoms with Crippen LogP contribution in [0.1, 0.15) is 38.2 Å². The molecule has 5 nitrogen and oxygen atoms in total. The molecular weight excluding hydrogens is 288 g/mol. The maximum absolute atomic E-state index is 13.1. The molecule has 2 aliphatic rings. The Morgan fingerprint density at radius 3 is 2.48 bits per heavy atom. The van der Waals surface area contributed by atoms with E-state index < -0.39 is 10.0 Å². The van der Waals surface area contributed by atoms with Gasteiger partial charge in [-0.2, -0.15) is 4.31 Å². The lowest BCUT2D eigenvalue weighted by Gasteiger charge is -2.36. The van der Waals surface area contributed by atoms with E-state index in [0.29, 0.717) is 29.8 Å². The standard InChI is InChI=1S/C15H22N2O3S/c1-2-10-3-4-11(16)7-15(10)21(19,20)17-12-5-6-13(17)9-14(18)8-12/h3-4,7,12-14,18H,2,5-6,8-9,16H2,1H3. The normalized spacial score (nSPS) is 29.7. The number of hydrogen-bond acceptors (Lipinski definition) is 4. The fourth-order valence-corrected chi connectivity index (χ4v) is 5.94. The van der Waals surface area contributed by atoms with Gasteiger partial charge in [0.2, 0.25) is 10.0 Å². The summed E-state index contributed by atoms with van der Waals surface area (Å²) in [5.74, 6) is 0. The third-order valence-corrected chi connectivity index (χ3v) is 6.76. The van der Waals surface area contributed by atoms with Gasteiger partial charge < -0.3 is 10.8 Å². The monoisotopic (exact) mass is 310 g/mol.